The van der Waals surface area contributed by atoms with Crippen LogP contribution in [0.5, 0.6) is 0 Å². The summed E-state index contributed by atoms with van der Waals surface area (Å²) in [4.78, 5) is 10.6. The van der Waals surface area contributed by atoms with Crippen LogP contribution in [0.2, 0.25) is 0 Å². The lowest BCUT2D eigenvalue weighted by molar-refractivity contribution is -0.120. The van der Waals surface area contributed by atoms with Crippen LogP contribution in [0.3, 0.4) is 0 Å². The van der Waals surface area contributed by atoms with Gasteiger partial charge in [0, 0.05) is 5.75 Å². The van der Waals surface area contributed by atoms with Crippen molar-refractivity contribution in [1.29, 1.82) is 0 Å². The molecule has 2 atom stereocenters. The fourth-order valence-corrected chi connectivity index (χ4v) is 2.73. The van der Waals surface area contributed by atoms with Gasteiger partial charge in [0.15, 0.2) is 0 Å². The van der Waals surface area contributed by atoms with E-state index in [1.54, 1.807) is 0 Å². The van der Waals surface area contributed by atoms with Crippen molar-refractivity contribution < 1.29 is 9.28 Å². The third-order valence-corrected chi connectivity index (χ3v) is 7.21. The Bertz CT molecular complexity index is 204. The third kappa shape index (κ3) is 4.18. The van der Waals surface area contributed by atoms with Crippen LogP contribution in [0.1, 0.15) is 0 Å². The number of nitrogens with two attached hydrogens (primary N) is 1. The molecule has 0 aliphatic carbocycles. The van der Waals surface area contributed by atoms with Gasteiger partial charge in [-0.25, -0.2) is 0 Å². The second kappa shape index (κ2) is 5.66. The number of hydrogen-bond acceptors (Lipinski definition) is 2. The smallest absolute Gasteiger partial charge is 0.238 e. The van der Waals surface area contributed by atoms with Gasteiger partial charge in [-0.15, -0.1) is 10.0 Å². The van der Waals surface area contributed by atoms with Gasteiger partial charge in [0.2, 0.25) is 5.91 Å². The van der Waals surface area contributed by atoms with Crippen molar-refractivity contribution in [1.82, 2.24) is 5.54 Å². The molecule has 0 rings (SSSR count). The zero-order valence-electron chi connectivity index (χ0n) is 7.46. The summed E-state index contributed by atoms with van der Waals surface area (Å²) in [6.45, 7) is 0. The van der Waals surface area contributed by atoms with E-state index < -0.39 is 11.9 Å². The first kappa shape index (κ1) is 12.1. The molecule has 6 heteroatoms. The summed E-state index contributed by atoms with van der Waals surface area (Å²) in [6, 6.07) is -0.826. The van der Waals surface area contributed by atoms with E-state index in [1.165, 1.54) is 5.54 Å². The van der Waals surface area contributed by atoms with Gasteiger partial charge in [-0.3, -0.25) is 4.79 Å². The standard InChI is InChI=1S/C6H15FN2OS2/c1-11(2)12(3)4-5(9-7)6(8)10/h5,9H,4H2,1-3H3,(H2,8,10). The van der Waals surface area contributed by atoms with Crippen LogP contribution >= 0.6 is 0 Å². The van der Waals surface area contributed by atoms with Crippen molar-refractivity contribution in [3.63, 3.8) is 0 Å². The van der Waals surface area contributed by atoms with Gasteiger partial charge in [-0.05, 0) is 18.8 Å². The Morgan fingerprint density at radius 3 is 2.33 bits per heavy atom. The second-order valence-corrected chi connectivity index (χ2v) is 9.22. The maximum Gasteiger partial charge on any atom is 0.238 e. The highest BCUT2D eigenvalue weighted by atomic mass is 32.9. The maximum atomic E-state index is 12.0. The molecule has 0 bridgehead atoms. The molecule has 0 aliphatic rings. The summed E-state index contributed by atoms with van der Waals surface area (Å²) in [5.41, 5.74) is 6.39. The molecule has 74 valence electrons. The summed E-state index contributed by atoms with van der Waals surface area (Å²) in [5, 5.41) is 0. The highest BCUT2D eigenvalue weighted by Gasteiger charge is 2.14. The van der Waals surface area contributed by atoms with E-state index in [9.17, 15) is 9.28 Å². The van der Waals surface area contributed by atoms with Gasteiger partial charge in [0.25, 0.3) is 0 Å². The van der Waals surface area contributed by atoms with E-state index in [4.69, 9.17) is 5.73 Å². The molecular formula is C6H15FN2OS2. The average molecular weight is 214 g/mol. The molecule has 0 aromatic carbocycles. The molecular weight excluding hydrogens is 199 g/mol. The van der Waals surface area contributed by atoms with Gasteiger partial charge >= 0.3 is 0 Å². The summed E-state index contributed by atoms with van der Waals surface area (Å²) < 4.78 is 12.0. The molecule has 0 radical (unpaired) electrons. The fourth-order valence-electron chi connectivity index (χ4n) is 0.538. The van der Waals surface area contributed by atoms with Gasteiger partial charge in [-0.1, -0.05) is 0 Å². The monoisotopic (exact) mass is 214 g/mol. The van der Waals surface area contributed by atoms with Crippen molar-refractivity contribution in [2.75, 3.05) is 24.5 Å². The minimum atomic E-state index is -0.826. The molecule has 2 unspecified atom stereocenters. The van der Waals surface area contributed by atoms with Crippen LogP contribution in [0, 0.1) is 0 Å². The Labute approximate surface area is 76.4 Å². The molecule has 3 N–H and O–H groups in total. The molecule has 3 nitrogen and oxygen atoms in total. The number of carbonyl (C=O) groups excluding carboxylic acids is 1. The topological polar surface area (TPSA) is 55.1 Å². The Balaban J connectivity index is 4.22. The lowest BCUT2D eigenvalue weighted by atomic mass is 10.3. The van der Waals surface area contributed by atoms with E-state index in [2.05, 4.69) is 12.5 Å². The van der Waals surface area contributed by atoms with Crippen molar-refractivity contribution in [2.24, 2.45) is 5.73 Å². The van der Waals surface area contributed by atoms with Crippen LogP contribution in [-0.4, -0.2) is 36.5 Å². The quantitative estimate of drug-likeness (QED) is 0.611. The number of rotatable bonds is 4. The normalized spacial score (nSPS) is 16.1. The SMILES string of the molecule is CS(C)=S(C)CC(NF)C(N)=O. The number of hydrogen-bond donors (Lipinski definition) is 2. The zero-order valence-corrected chi connectivity index (χ0v) is 9.10. The van der Waals surface area contributed by atoms with Crippen molar-refractivity contribution in [3.05, 3.63) is 0 Å². The number of amides is 1. The molecule has 0 fully saturated rings. The zero-order chi connectivity index (χ0) is 9.72. The van der Waals surface area contributed by atoms with Crippen LogP contribution in [0.4, 0.5) is 4.48 Å². The number of carbonyl (C=O) groups is 1. The van der Waals surface area contributed by atoms with E-state index in [0.29, 0.717) is 5.75 Å². The van der Waals surface area contributed by atoms with E-state index in [1.807, 2.05) is 6.26 Å². The van der Waals surface area contributed by atoms with Gasteiger partial charge in [0.05, 0.1) is 0 Å². The third-order valence-electron chi connectivity index (χ3n) is 1.45. The second-order valence-electron chi connectivity index (χ2n) is 2.55. The molecule has 0 aromatic rings. The first-order chi connectivity index (χ1) is 5.49. The van der Waals surface area contributed by atoms with Crippen molar-refractivity contribution >= 4 is 24.8 Å². The predicted molar refractivity (Wildman–Crippen MR) is 54.6 cm³/mol. The highest BCUT2D eigenvalue weighted by Crippen LogP contribution is 1.92. The Morgan fingerprint density at radius 2 is 2.08 bits per heavy atom. The fraction of sp³-hybridized carbons (Fsp3) is 0.833. The molecule has 0 aliphatic heterocycles. The minimum absolute atomic E-state index is 0.0522. The maximum absolute atomic E-state index is 12.0. The lowest BCUT2D eigenvalue weighted by Gasteiger charge is -2.12. The van der Waals surface area contributed by atoms with Gasteiger partial charge in [0.1, 0.15) is 6.04 Å². The largest absolute Gasteiger partial charge is 0.368 e. The Hall–Kier alpha value is 0.0600. The van der Waals surface area contributed by atoms with Crippen LogP contribution in [0.25, 0.3) is 0 Å². The molecule has 1 amide bonds. The Kier molecular flexibility index (Phi) is 5.69. The van der Waals surface area contributed by atoms with Crippen molar-refractivity contribution in [3.8, 4) is 0 Å². The summed E-state index contributed by atoms with van der Waals surface area (Å²) in [5.74, 6) is -0.135. The minimum Gasteiger partial charge on any atom is -0.368 e. The molecule has 12 heavy (non-hydrogen) atoms. The molecule has 0 saturated heterocycles. The molecule has 0 spiro atoms. The Morgan fingerprint density at radius 1 is 1.58 bits per heavy atom. The van der Waals surface area contributed by atoms with E-state index >= 15 is 0 Å². The van der Waals surface area contributed by atoms with Crippen LogP contribution in [-0.2, 0) is 23.7 Å². The summed E-state index contributed by atoms with van der Waals surface area (Å²) >= 11 is 0. The number of nitrogens with one attached hydrogen (secondary N) is 1. The van der Waals surface area contributed by atoms with E-state index in [-0.39, 0.29) is 18.9 Å². The van der Waals surface area contributed by atoms with Gasteiger partial charge in [-0.2, -0.15) is 18.9 Å². The number of primary amides is 1. The van der Waals surface area contributed by atoms with E-state index in [0.717, 1.165) is 0 Å². The lowest BCUT2D eigenvalue weighted by Crippen LogP contribution is -2.41. The van der Waals surface area contributed by atoms with Crippen molar-refractivity contribution in [2.45, 2.75) is 6.04 Å². The highest BCUT2D eigenvalue weighted by molar-refractivity contribution is 8.43. The molecule has 0 aromatic heterocycles. The van der Waals surface area contributed by atoms with Crippen LogP contribution < -0.4 is 11.3 Å². The van der Waals surface area contributed by atoms with Gasteiger partial charge < -0.3 is 5.73 Å². The number of halogens is 1. The first-order valence-electron chi connectivity index (χ1n) is 3.35. The molecule has 0 saturated carbocycles. The first-order valence-corrected chi connectivity index (χ1v) is 7.71. The summed E-state index contributed by atoms with van der Waals surface area (Å²) in [6.07, 6.45) is 6.15. The summed E-state index contributed by atoms with van der Waals surface area (Å²) in [7, 11) is 0.266. The molecule has 0 heterocycles. The predicted octanol–water partition coefficient (Wildman–Crippen LogP) is -0.645. The average Bonchev–Trinajstić information content (AvgIpc) is 1.98. The van der Waals surface area contributed by atoms with Crippen LogP contribution in [0.15, 0.2) is 0 Å².